The molecular weight excluding hydrogens is 291 g/mol. The molecule has 1 unspecified atom stereocenters. The van der Waals surface area contributed by atoms with E-state index in [1.807, 2.05) is 0 Å². The van der Waals surface area contributed by atoms with E-state index in [2.05, 4.69) is 9.73 Å². The van der Waals surface area contributed by atoms with Crippen LogP contribution in [-0.2, 0) is 19.1 Å². The van der Waals surface area contributed by atoms with E-state index in [-0.39, 0.29) is 6.61 Å². The molecule has 0 N–H and O–H groups in total. The van der Waals surface area contributed by atoms with Crippen molar-refractivity contribution in [3.8, 4) is 0 Å². The molecule has 1 atom stereocenters. The molecule has 0 aromatic heterocycles. The topological polar surface area (TPSA) is 72.8 Å². The van der Waals surface area contributed by atoms with Crippen LogP contribution in [0.4, 0.5) is 13.2 Å². The van der Waals surface area contributed by atoms with E-state index in [1.165, 1.54) is 5.94 Å². The number of aliphatic imine (C=N–C) groups is 1. The quantitative estimate of drug-likeness (QED) is 0.344. The molecule has 0 saturated heterocycles. The Morgan fingerprint density at radius 3 is 2.57 bits per heavy atom. The van der Waals surface area contributed by atoms with Crippen molar-refractivity contribution in [1.29, 1.82) is 0 Å². The van der Waals surface area contributed by atoms with Gasteiger partial charge in [0.2, 0.25) is 11.6 Å². The number of rotatable bonds is 4. The fourth-order valence-corrected chi connectivity index (χ4v) is 1.79. The molecule has 0 aliphatic heterocycles. The van der Waals surface area contributed by atoms with Gasteiger partial charge in [-0.15, -0.1) is 0 Å². The van der Waals surface area contributed by atoms with E-state index in [4.69, 9.17) is 0 Å². The van der Waals surface area contributed by atoms with E-state index < -0.39 is 28.8 Å². The molecule has 5 nitrogen and oxygen atoms in total. The van der Waals surface area contributed by atoms with Gasteiger partial charge in [0.15, 0.2) is 0 Å². The average molecular weight is 301 g/mol. The second-order valence-corrected chi connectivity index (χ2v) is 4.00. The van der Waals surface area contributed by atoms with Crippen LogP contribution in [0.1, 0.15) is 13.3 Å². The summed E-state index contributed by atoms with van der Waals surface area (Å²) in [5, 5.41) is 0. The number of nitrogens with zero attached hydrogens (tertiary/aromatic N) is 1. The monoisotopic (exact) mass is 301 g/mol. The fourth-order valence-electron chi connectivity index (χ4n) is 1.79. The number of allylic oxidation sites excluding steroid dienone is 2. The number of alkyl halides is 3. The molecule has 0 radical (unpaired) electrons. The smallest absolute Gasteiger partial charge is 0.416 e. The van der Waals surface area contributed by atoms with Crippen LogP contribution in [0.15, 0.2) is 34.4 Å². The number of ether oxygens (including phenoxy) is 1. The number of hydrogen-bond acceptors (Lipinski definition) is 5. The molecule has 112 valence electrons. The lowest BCUT2D eigenvalue weighted by Crippen LogP contribution is -2.47. The van der Waals surface area contributed by atoms with Crippen molar-refractivity contribution in [2.24, 2.45) is 4.99 Å². The Labute approximate surface area is 117 Å². The Morgan fingerprint density at radius 1 is 1.43 bits per heavy atom. The van der Waals surface area contributed by atoms with Gasteiger partial charge in [0, 0.05) is 0 Å². The summed E-state index contributed by atoms with van der Waals surface area (Å²) in [7, 11) is 0. The minimum atomic E-state index is -5.00. The lowest BCUT2D eigenvalue weighted by Gasteiger charge is -2.30. The predicted octanol–water partition coefficient (Wildman–Crippen LogP) is 1.83. The summed E-state index contributed by atoms with van der Waals surface area (Å²) in [5.41, 5.74) is -5.17. The Balaban J connectivity index is 3.58. The highest BCUT2D eigenvalue weighted by Gasteiger charge is 2.58. The van der Waals surface area contributed by atoms with Crippen LogP contribution in [0, 0.1) is 0 Å². The molecule has 1 rings (SSSR count). The first-order valence-electron chi connectivity index (χ1n) is 5.82. The highest BCUT2D eigenvalue weighted by Crippen LogP contribution is 2.43. The molecule has 0 spiro atoms. The second kappa shape index (κ2) is 6.35. The number of carbonyl (C=O) groups excluding carboxylic acids is 3. The van der Waals surface area contributed by atoms with Crippen molar-refractivity contribution in [3.63, 3.8) is 0 Å². The number of hydrogen-bond donors (Lipinski definition) is 0. The minimum Gasteiger partial charge on any atom is -0.463 e. The predicted molar refractivity (Wildman–Crippen MR) is 64.6 cm³/mol. The van der Waals surface area contributed by atoms with Gasteiger partial charge in [-0.25, -0.2) is 14.4 Å². The van der Waals surface area contributed by atoms with Crippen molar-refractivity contribution in [2.75, 3.05) is 6.61 Å². The molecule has 0 heterocycles. The van der Waals surface area contributed by atoms with Crippen molar-refractivity contribution in [1.82, 2.24) is 0 Å². The summed E-state index contributed by atoms with van der Waals surface area (Å²) >= 11 is 0. The van der Waals surface area contributed by atoms with Gasteiger partial charge in [-0.1, -0.05) is 19.1 Å². The lowest BCUT2D eigenvalue weighted by molar-refractivity contribution is -0.152. The van der Waals surface area contributed by atoms with Crippen molar-refractivity contribution in [3.05, 3.63) is 29.4 Å². The van der Waals surface area contributed by atoms with Crippen LogP contribution in [0.5, 0.6) is 0 Å². The van der Waals surface area contributed by atoms with Gasteiger partial charge >= 0.3 is 12.1 Å². The average Bonchev–Trinajstić information content (AvgIpc) is 2.43. The van der Waals surface area contributed by atoms with Gasteiger partial charge in [-0.05, 0) is 12.5 Å². The molecule has 1 aliphatic carbocycles. The van der Waals surface area contributed by atoms with Crippen molar-refractivity contribution < 1.29 is 32.3 Å². The first-order valence-corrected chi connectivity index (χ1v) is 5.82. The molecule has 0 saturated carbocycles. The van der Waals surface area contributed by atoms with Crippen molar-refractivity contribution in [2.45, 2.75) is 25.1 Å². The molecule has 8 heteroatoms. The first kappa shape index (κ1) is 16.6. The Morgan fingerprint density at radius 2 is 2.10 bits per heavy atom. The maximum atomic E-state index is 13.1. The van der Waals surface area contributed by atoms with Crippen LogP contribution in [0.3, 0.4) is 0 Å². The summed E-state index contributed by atoms with van der Waals surface area (Å²) in [6, 6.07) is 0. The molecule has 21 heavy (non-hydrogen) atoms. The van der Waals surface area contributed by atoms with Crippen LogP contribution < -0.4 is 0 Å². The summed E-state index contributed by atoms with van der Waals surface area (Å²) < 4.78 is 44.0. The lowest BCUT2D eigenvalue weighted by atomic mass is 9.79. The minimum absolute atomic E-state index is 0.185. The molecule has 1 aliphatic rings. The number of isocyanates is 1. The molecule has 0 aromatic carbocycles. The highest BCUT2D eigenvalue weighted by atomic mass is 19.4. The maximum absolute atomic E-state index is 13.1. The second-order valence-electron chi connectivity index (χ2n) is 4.00. The molecular formula is C13H10F3NO4. The summed E-state index contributed by atoms with van der Waals surface area (Å²) in [4.78, 5) is 36.4. The fraction of sp³-hybridized carbons (Fsp3) is 0.385. The van der Waals surface area contributed by atoms with Crippen molar-refractivity contribution >= 4 is 18.0 Å². The largest absolute Gasteiger partial charge is 0.463 e. The normalized spacial score (nSPS) is 21.1. The molecule has 0 aromatic rings. The van der Waals surface area contributed by atoms with E-state index in [9.17, 15) is 27.6 Å². The SMILES string of the molecule is CCCOC(=O)C1(N=C=O)C(=C=O)C=CC=C1C(F)(F)F. The van der Waals surface area contributed by atoms with Crippen LogP contribution in [0.2, 0.25) is 0 Å². The molecule has 0 bridgehead atoms. The van der Waals surface area contributed by atoms with E-state index in [0.717, 1.165) is 18.2 Å². The van der Waals surface area contributed by atoms with E-state index >= 15 is 0 Å². The third-order valence-electron chi connectivity index (χ3n) is 2.67. The third-order valence-corrected chi connectivity index (χ3v) is 2.67. The van der Waals surface area contributed by atoms with Crippen LogP contribution in [-0.4, -0.2) is 36.3 Å². The maximum Gasteiger partial charge on any atom is 0.416 e. The van der Waals surface area contributed by atoms with Gasteiger partial charge < -0.3 is 4.74 Å². The van der Waals surface area contributed by atoms with E-state index in [0.29, 0.717) is 12.5 Å². The zero-order valence-corrected chi connectivity index (χ0v) is 10.9. The standard InChI is InChI=1S/C13H10F3NO4/c1-2-6-21-11(20)12(17-8-19)9(7-18)4-3-5-10(12)13(14,15)16/h3-5H,2,6H2,1H3. The first-order chi connectivity index (χ1) is 9.84. The van der Waals surface area contributed by atoms with Crippen LogP contribution in [0.25, 0.3) is 0 Å². The van der Waals surface area contributed by atoms with Gasteiger partial charge in [0.05, 0.1) is 17.8 Å². The number of esters is 1. The number of carbonyl (C=O) groups is 1. The molecule has 0 amide bonds. The van der Waals surface area contributed by atoms with Gasteiger partial charge in [-0.2, -0.15) is 18.2 Å². The Kier molecular flexibility index (Phi) is 5.02. The summed E-state index contributed by atoms with van der Waals surface area (Å²) in [5.74, 6) is -0.269. The van der Waals surface area contributed by atoms with Gasteiger partial charge in [0.1, 0.15) is 5.94 Å². The Bertz CT molecular complexity index is 593. The third kappa shape index (κ3) is 3.02. The Hall–Kier alpha value is -2.43. The summed E-state index contributed by atoms with van der Waals surface area (Å²) in [6.45, 7) is 1.44. The zero-order valence-electron chi connectivity index (χ0n) is 10.9. The van der Waals surface area contributed by atoms with Gasteiger partial charge in [0.25, 0.3) is 0 Å². The van der Waals surface area contributed by atoms with Gasteiger partial charge in [-0.3, -0.25) is 0 Å². The van der Waals surface area contributed by atoms with Crippen LogP contribution >= 0.6 is 0 Å². The van der Waals surface area contributed by atoms with E-state index in [1.54, 1.807) is 6.92 Å². The zero-order chi connectivity index (χ0) is 16.1. The summed E-state index contributed by atoms with van der Waals surface area (Å²) in [6.07, 6.45) is -1.38. The molecule has 0 fully saturated rings. The highest BCUT2D eigenvalue weighted by molar-refractivity contribution is 5.96. The number of halogens is 3.